The van der Waals surface area contributed by atoms with E-state index in [0.29, 0.717) is 0 Å². The second-order valence-corrected chi connectivity index (χ2v) is 3.26. The van der Waals surface area contributed by atoms with E-state index in [1.807, 2.05) is 19.3 Å². The van der Waals surface area contributed by atoms with Crippen molar-refractivity contribution in [3.8, 4) is 0 Å². The van der Waals surface area contributed by atoms with Crippen molar-refractivity contribution in [2.24, 2.45) is 7.05 Å². The first kappa shape index (κ1) is 8.32. The zero-order valence-electron chi connectivity index (χ0n) is 7.70. The Morgan fingerprint density at radius 1 is 1.31 bits per heavy atom. The monoisotopic (exact) mass is 175 g/mol. The highest BCUT2D eigenvalue weighted by atomic mass is 16.2. The molecule has 13 heavy (non-hydrogen) atoms. The van der Waals surface area contributed by atoms with Crippen LogP contribution >= 0.6 is 0 Å². The van der Waals surface area contributed by atoms with Crippen LogP contribution < -0.4 is 0 Å². The molecule has 0 fully saturated rings. The number of para-hydroxylation sites is 1. The summed E-state index contributed by atoms with van der Waals surface area (Å²) in [5.41, 5.74) is 2.45. The molecular formula is C11H13NO. The molecule has 1 aromatic heterocycles. The second-order valence-electron chi connectivity index (χ2n) is 3.26. The lowest BCUT2D eigenvalue weighted by molar-refractivity contribution is 0.300. The van der Waals surface area contributed by atoms with Crippen LogP contribution in [0.4, 0.5) is 0 Å². The molecule has 0 aliphatic heterocycles. The molecule has 0 bridgehead atoms. The number of benzene rings is 1. The molecule has 0 saturated heterocycles. The molecule has 1 heterocycles. The molecule has 2 aromatic rings. The molecule has 0 atom stereocenters. The predicted molar refractivity (Wildman–Crippen MR) is 53.7 cm³/mol. The number of aryl methyl sites for hydroxylation is 1. The summed E-state index contributed by atoms with van der Waals surface area (Å²) in [4.78, 5) is 0. The van der Waals surface area contributed by atoms with Crippen LogP contribution in [0.2, 0.25) is 0 Å². The SMILES string of the molecule is Cn1ccc2cccc(CCO)c21. The molecule has 2 heteroatoms. The Morgan fingerprint density at radius 3 is 2.92 bits per heavy atom. The summed E-state index contributed by atoms with van der Waals surface area (Å²) in [6.45, 7) is 0.213. The summed E-state index contributed by atoms with van der Waals surface area (Å²) in [5.74, 6) is 0. The molecule has 68 valence electrons. The van der Waals surface area contributed by atoms with Gasteiger partial charge in [-0.2, -0.15) is 0 Å². The molecule has 0 radical (unpaired) electrons. The van der Waals surface area contributed by atoms with Crippen LogP contribution in [0.5, 0.6) is 0 Å². The van der Waals surface area contributed by atoms with Crippen LogP contribution in [-0.4, -0.2) is 16.3 Å². The summed E-state index contributed by atoms with van der Waals surface area (Å²) in [5, 5.41) is 10.1. The van der Waals surface area contributed by atoms with Crippen molar-refractivity contribution in [2.45, 2.75) is 6.42 Å². The van der Waals surface area contributed by atoms with Gasteiger partial charge in [0.1, 0.15) is 0 Å². The topological polar surface area (TPSA) is 25.2 Å². The van der Waals surface area contributed by atoms with Crippen LogP contribution in [0.15, 0.2) is 30.5 Å². The van der Waals surface area contributed by atoms with Crippen molar-refractivity contribution in [3.05, 3.63) is 36.0 Å². The van der Waals surface area contributed by atoms with E-state index in [2.05, 4.69) is 22.8 Å². The quantitative estimate of drug-likeness (QED) is 0.738. The van der Waals surface area contributed by atoms with Crippen LogP contribution in [-0.2, 0) is 13.5 Å². The molecule has 1 N–H and O–H groups in total. The number of hydrogen-bond donors (Lipinski definition) is 1. The first-order valence-corrected chi connectivity index (χ1v) is 4.46. The van der Waals surface area contributed by atoms with E-state index >= 15 is 0 Å². The average molecular weight is 175 g/mol. The standard InChI is InChI=1S/C11H13NO/c1-12-7-5-9-3-2-4-10(6-8-13)11(9)12/h2-5,7,13H,6,8H2,1H3. The Morgan fingerprint density at radius 2 is 2.15 bits per heavy atom. The molecule has 0 saturated carbocycles. The fourth-order valence-corrected chi connectivity index (χ4v) is 1.76. The Bertz CT molecular complexity index is 417. The van der Waals surface area contributed by atoms with E-state index in [4.69, 9.17) is 5.11 Å². The van der Waals surface area contributed by atoms with Crippen molar-refractivity contribution >= 4 is 10.9 Å². The van der Waals surface area contributed by atoms with E-state index in [1.54, 1.807) is 0 Å². The predicted octanol–water partition coefficient (Wildman–Crippen LogP) is 1.71. The maximum absolute atomic E-state index is 8.90. The molecule has 0 spiro atoms. The number of fused-ring (bicyclic) bond motifs is 1. The highest BCUT2D eigenvalue weighted by Gasteiger charge is 2.02. The van der Waals surface area contributed by atoms with Gasteiger partial charge < -0.3 is 9.67 Å². The third-order valence-electron chi connectivity index (χ3n) is 2.36. The molecule has 1 aromatic carbocycles. The van der Waals surface area contributed by atoms with Crippen LogP contribution in [0.1, 0.15) is 5.56 Å². The van der Waals surface area contributed by atoms with Gasteiger partial charge >= 0.3 is 0 Å². The summed E-state index contributed by atoms with van der Waals surface area (Å²) >= 11 is 0. The maximum Gasteiger partial charge on any atom is 0.0511 e. The van der Waals surface area contributed by atoms with Crippen LogP contribution in [0, 0.1) is 0 Å². The van der Waals surface area contributed by atoms with E-state index in [-0.39, 0.29) is 6.61 Å². The van der Waals surface area contributed by atoms with E-state index in [1.165, 1.54) is 16.5 Å². The van der Waals surface area contributed by atoms with Crippen molar-refractivity contribution in [3.63, 3.8) is 0 Å². The van der Waals surface area contributed by atoms with Gasteiger partial charge in [0.05, 0.1) is 5.52 Å². The normalized spacial score (nSPS) is 10.9. The lowest BCUT2D eigenvalue weighted by Gasteiger charge is -2.03. The Labute approximate surface area is 77.4 Å². The van der Waals surface area contributed by atoms with Gasteiger partial charge in [-0.15, -0.1) is 0 Å². The Balaban J connectivity index is 2.65. The molecule has 0 aliphatic carbocycles. The number of nitrogens with zero attached hydrogens (tertiary/aromatic N) is 1. The van der Waals surface area contributed by atoms with Crippen molar-refractivity contribution in [1.29, 1.82) is 0 Å². The minimum absolute atomic E-state index is 0.213. The maximum atomic E-state index is 8.90. The lowest BCUT2D eigenvalue weighted by Crippen LogP contribution is -1.95. The Hall–Kier alpha value is -1.28. The smallest absolute Gasteiger partial charge is 0.0511 e. The zero-order valence-corrected chi connectivity index (χ0v) is 7.70. The third-order valence-corrected chi connectivity index (χ3v) is 2.36. The van der Waals surface area contributed by atoms with Gasteiger partial charge in [0.2, 0.25) is 0 Å². The van der Waals surface area contributed by atoms with Crippen molar-refractivity contribution in [1.82, 2.24) is 4.57 Å². The van der Waals surface area contributed by atoms with Gasteiger partial charge in [-0.25, -0.2) is 0 Å². The fraction of sp³-hybridized carbons (Fsp3) is 0.273. The number of hydrogen-bond acceptors (Lipinski definition) is 1. The second kappa shape index (κ2) is 3.23. The van der Waals surface area contributed by atoms with E-state index in [0.717, 1.165) is 6.42 Å². The van der Waals surface area contributed by atoms with Gasteiger partial charge in [-0.05, 0) is 23.4 Å². The first-order chi connectivity index (χ1) is 6.33. The highest BCUT2D eigenvalue weighted by molar-refractivity contribution is 5.83. The Kier molecular flexibility index (Phi) is 2.07. The number of aromatic nitrogens is 1. The third kappa shape index (κ3) is 1.33. The average Bonchev–Trinajstić information content (AvgIpc) is 2.50. The minimum Gasteiger partial charge on any atom is -0.396 e. The molecule has 0 amide bonds. The first-order valence-electron chi connectivity index (χ1n) is 4.46. The molecule has 2 rings (SSSR count). The molecule has 2 nitrogen and oxygen atoms in total. The lowest BCUT2D eigenvalue weighted by atomic mass is 10.1. The van der Waals surface area contributed by atoms with Gasteiger partial charge in [0.15, 0.2) is 0 Å². The van der Waals surface area contributed by atoms with E-state index in [9.17, 15) is 0 Å². The van der Waals surface area contributed by atoms with Crippen LogP contribution in [0.25, 0.3) is 10.9 Å². The molecule has 0 aliphatic rings. The van der Waals surface area contributed by atoms with Gasteiger partial charge in [-0.3, -0.25) is 0 Å². The summed E-state index contributed by atoms with van der Waals surface area (Å²) < 4.78 is 2.10. The highest BCUT2D eigenvalue weighted by Crippen LogP contribution is 2.19. The summed E-state index contributed by atoms with van der Waals surface area (Å²) in [6, 6.07) is 8.29. The molecular weight excluding hydrogens is 162 g/mol. The number of aliphatic hydroxyl groups is 1. The summed E-state index contributed by atoms with van der Waals surface area (Å²) in [7, 11) is 2.03. The van der Waals surface area contributed by atoms with Gasteiger partial charge in [-0.1, -0.05) is 18.2 Å². The number of aliphatic hydroxyl groups excluding tert-OH is 1. The fourth-order valence-electron chi connectivity index (χ4n) is 1.76. The van der Waals surface area contributed by atoms with Crippen molar-refractivity contribution < 1.29 is 5.11 Å². The number of rotatable bonds is 2. The van der Waals surface area contributed by atoms with Crippen LogP contribution in [0.3, 0.4) is 0 Å². The van der Waals surface area contributed by atoms with E-state index < -0.39 is 0 Å². The molecule has 0 unspecified atom stereocenters. The van der Waals surface area contributed by atoms with Crippen molar-refractivity contribution in [2.75, 3.05) is 6.61 Å². The van der Waals surface area contributed by atoms with Gasteiger partial charge in [0.25, 0.3) is 0 Å². The largest absolute Gasteiger partial charge is 0.396 e. The van der Waals surface area contributed by atoms with Gasteiger partial charge in [0, 0.05) is 19.9 Å². The zero-order chi connectivity index (χ0) is 9.26. The minimum atomic E-state index is 0.213. The summed E-state index contributed by atoms with van der Waals surface area (Å²) in [6.07, 6.45) is 2.78.